The highest BCUT2D eigenvalue weighted by Crippen LogP contribution is 2.45. The van der Waals surface area contributed by atoms with Crippen LogP contribution in [0, 0.1) is 5.41 Å². The number of aromatic nitrogens is 3. The van der Waals surface area contributed by atoms with E-state index in [0.717, 1.165) is 24.9 Å². The minimum Gasteiger partial charge on any atom is -0.454 e. The standard InChI is InChI=1S/C32H31N3O9S2/c1-21(36)42-29(31(2,3)4)32(30-33-20-34-35-30,43-26-17-9-8-14-23(26)22-12-6-5-7-13-22)44-46(40,41)28-19-11-15-24-25(28)16-10-18-27(24)45(37,38)39/h5-20,29H,1-4H3,(H,33,34,35)(H,37,38,39). The Labute approximate surface area is 266 Å². The third-order valence-corrected chi connectivity index (χ3v) is 9.29. The zero-order chi connectivity index (χ0) is 33.3. The van der Waals surface area contributed by atoms with Gasteiger partial charge in [0.05, 0.1) is 0 Å². The number of rotatable bonds is 10. The third kappa shape index (κ3) is 6.51. The molecule has 5 rings (SSSR count). The van der Waals surface area contributed by atoms with E-state index < -0.39 is 53.3 Å². The van der Waals surface area contributed by atoms with E-state index in [2.05, 4.69) is 15.2 Å². The average Bonchev–Trinajstić information content (AvgIpc) is 3.54. The van der Waals surface area contributed by atoms with Gasteiger partial charge in [0.15, 0.2) is 6.10 Å². The van der Waals surface area contributed by atoms with Crippen molar-refractivity contribution < 1.29 is 39.8 Å². The van der Waals surface area contributed by atoms with Crippen LogP contribution in [0.5, 0.6) is 5.75 Å². The van der Waals surface area contributed by atoms with Crippen LogP contribution in [0.25, 0.3) is 21.9 Å². The molecule has 0 amide bonds. The minimum absolute atomic E-state index is 0.0615. The molecule has 0 fully saturated rings. The van der Waals surface area contributed by atoms with Crippen LogP contribution in [-0.2, 0) is 39.7 Å². The number of esters is 1. The van der Waals surface area contributed by atoms with E-state index in [4.69, 9.17) is 13.7 Å². The molecule has 2 N–H and O–H groups in total. The van der Waals surface area contributed by atoms with Crippen molar-refractivity contribution in [3.05, 3.63) is 103 Å². The molecule has 0 aliphatic rings. The summed E-state index contributed by atoms with van der Waals surface area (Å²) in [5.74, 6) is -3.35. The van der Waals surface area contributed by atoms with E-state index in [9.17, 15) is 26.2 Å². The van der Waals surface area contributed by atoms with Crippen molar-refractivity contribution in [2.75, 3.05) is 0 Å². The Morgan fingerprint density at radius 3 is 2.02 bits per heavy atom. The summed E-state index contributed by atoms with van der Waals surface area (Å²) in [6, 6.07) is 23.7. The molecule has 240 valence electrons. The molecule has 46 heavy (non-hydrogen) atoms. The number of nitrogens with one attached hydrogen (secondary N) is 1. The lowest BCUT2D eigenvalue weighted by Gasteiger charge is -2.43. The van der Waals surface area contributed by atoms with Gasteiger partial charge in [-0.15, -0.1) is 0 Å². The lowest BCUT2D eigenvalue weighted by Crippen LogP contribution is -2.56. The molecule has 0 radical (unpaired) electrons. The zero-order valence-electron chi connectivity index (χ0n) is 25.2. The predicted octanol–water partition coefficient (Wildman–Crippen LogP) is 5.49. The number of H-pyrrole nitrogens is 1. The van der Waals surface area contributed by atoms with E-state index in [1.807, 2.05) is 30.3 Å². The first-order valence-electron chi connectivity index (χ1n) is 13.9. The molecule has 0 aliphatic carbocycles. The van der Waals surface area contributed by atoms with Gasteiger partial charge < -0.3 is 9.47 Å². The largest absolute Gasteiger partial charge is 0.454 e. The highest BCUT2D eigenvalue weighted by Gasteiger charge is 2.58. The van der Waals surface area contributed by atoms with Crippen molar-refractivity contribution in [2.45, 2.75) is 49.4 Å². The summed E-state index contributed by atoms with van der Waals surface area (Å²) >= 11 is 0. The molecule has 0 saturated carbocycles. The number of carbonyl (C=O) groups is 1. The summed E-state index contributed by atoms with van der Waals surface area (Å²) < 4.78 is 81.5. The van der Waals surface area contributed by atoms with Crippen LogP contribution in [0.1, 0.15) is 33.5 Å². The summed E-state index contributed by atoms with van der Waals surface area (Å²) in [4.78, 5) is 15.9. The predicted molar refractivity (Wildman–Crippen MR) is 168 cm³/mol. The molecule has 0 aliphatic heterocycles. The Morgan fingerprint density at radius 2 is 1.43 bits per heavy atom. The molecule has 14 heteroatoms. The van der Waals surface area contributed by atoms with Crippen LogP contribution >= 0.6 is 0 Å². The molecular weight excluding hydrogens is 634 g/mol. The van der Waals surface area contributed by atoms with Gasteiger partial charge in [-0.3, -0.25) is 14.4 Å². The number of hydrogen-bond acceptors (Lipinski definition) is 10. The highest BCUT2D eigenvalue weighted by molar-refractivity contribution is 7.87. The SMILES string of the molecule is CC(=O)OC(C(C)(C)C)C(Oc1ccccc1-c1ccccc1)(OS(=O)(=O)c1cccc2c(S(=O)(=O)O)cccc12)c1ncn[nH]1. The lowest BCUT2D eigenvalue weighted by molar-refractivity contribution is -0.238. The van der Waals surface area contributed by atoms with Crippen LogP contribution in [0.15, 0.2) is 107 Å². The fourth-order valence-electron chi connectivity index (χ4n) is 5.17. The maximum absolute atomic E-state index is 14.5. The topological polar surface area (TPSA) is 175 Å². The van der Waals surface area contributed by atoms with Crippen molar-refractivity contribution in [3.63, 3.8) is 0 Å². The van der Waals surface area contributed by atoms with Crippen molar-refractivity contribution in [1.29, 1.82) is 0 Å². The number of hydrogen-bond donors (Lipinski definition) is 2. The fraction of sp³-hybridized carbons (Fsp3) is 0.219. The molecular formula is C32H31N3O9S2. The zero-order valence-corrected chi connectivity index (χ0v) is 26.9. The maximum atomic E-state index is 14.5. The minimum atomic E-state index is -4.95. The number of aromatic amines is 1. The smallest absolute Gasteiger partial charge is 0.324 e. The Kier molecular flexibility index (Phi) is 8.75. The Bertz CT molecular complexity index is 2100. The van der Waals surface area contributed by atoms with Crippen LogP contribution in [0.4, 0.5) is 0 Å². The number of benzene rings is 4. The molecule has 1 aromatic heterocycles. The van der Waals surface area contributed by atoms with Gasteiger partial charge in [0.25, 0.3) is 10.1 Å². The molecule has 12 nitrogen and oxygen atoms in total. The second-order valence-corrected chi connectivity index (χ2v) is 14.3. The van der Waals surface area contributed by atoms with Gasteiger partial charge in [-0.2, -0.15) is 21.9 Å². The van der Waals surface area contributed by atoms with E-state index in [1.165, 1.54) is 30.3 Å². The van der Waals surface area contributed by atoms with Gasteiger partial charge >= 0.3 is 21.9 Å². The van der Waals surface area contributed by atoms with E-state index in [1.54, 1.807) is 45.0 Å². The molecule has 0 saturated heterocycles. The quantitative estimate of drug-likeness (QED) is 0.0836. The number of ether oxygens (including phenoxy) is 2. The van der Waals surface area contributed by atoms with E-state index >= 15 is 0 Å². The first-order valence-corrected chi connectivity index (χ1v) is 16.8. The van der Waals surface area contributed by atoms with Gasteiger partial charge in [-0.25, -0.2) is 9.17 Å². The summed E-state index contributed by atoms with van der Waals surface area (Å²) in [6.07, 6.45) is -0.358. The molecule has 2 atom stereocenters. The van der Waals surface area contributed by atoms with Gasteiger partial charge in [-0.05, 0) is 23.8 Å². The number of fused-ring (bicyclic) bond motifs is 1. The number of nitrogens with zero attached hydrogens (tertiary/aromatic N) is 2. The monoisotopic (exact) mass is 665 g/mol. The van der Waals surface area contributed by atoms with Crippen molar-refractivity contribution >= 4 is 37.0 Å². The number of para-hydroxylation sites is 1. The van der Waals surface area contributed by atoms with Crippen molar-refractivity contribution in [2.24, 2.45) is 5.41 Å². The molecule has 2 unspecified atom stereocenters. The Hall–Kier alpha value is -4.63. The first kappa shape index (κ1) is 32.8. The van der Waals surface area contributed by atoms with Crippen molar-refractivity contribution in [3.8, 4) is 16.9 Å². The van der Waals surface area contributed by atoms with Gasteiger partial charge in [-0.1, -0.05) is 93.6 Å². The molecule has 4 aromatic carbocycles. The summed E-state index contributed by atoms with van der Waals surface area (Å²) in [5, 5.41) is 6.44. The highest BCUT2D eigenvalue weighted by atomic mass is 32.2. The molecule has 0 spiro atoms. The van der Waals surface area contributed by atoms with Crippen LogP contribution in [0.2, 0.25) is 0 Å². The first-order chi connectivity index (χ1) is 21.6. The van der Waals surface area contributed by atoms with Crippen LogP contribution in [-0.4, -0.2) is 48.6 Å². The molecule has 0 bridgehead atoms. The fourth-order valence-corrected chi connectivity index (χ4v) is 7.18. The van der Waals surface area contributed by atoms with Gasteiger partial charge in [0.1, 0.15) is 21.9 Å². The second kappa shape index (κ2) is 12.3. The van der Waals surface area contributed by atoms with Gasteiger partial charge in [0, 0.05) is 28.7 Å². The summed E-state index contributed by atoms with van der Waals surface area (Å²) in [6.45, 7) is 6.26. The van der Waals surface area contributed by atoms with Crippen LogP contribution in [0.3, 0.4) is 0 Å². The Balaban J connectivity index is 1.80. The second-order valence-electron chi connectivity index (χ2n) is 11.4. The lowest BCUT2D eigenvalue weighted by atomic mass is 9.83. The van der Waals surface area contributed by atoms with Crippen LogP contribution < -0.4 is 4.74 Å². The average molecular weight is 666 g/mol. The number of carbonyl (C=O) groups excluding carboxylic acids is 1. The Morgan fingerprint density at radius 1 is 0.826 bits per heavy atom. The van der Waals surface area contributed by atoms with Gasteiger partial charge in [0.2, 0.25) is 5.82 Å². The summed E-state index contributed by atoms with van der Waals surface area (Å²) in [5.41, 5.74) is 0.248. The molecule has 5 aromatic rings. The third-order valence-electron chi connectivity index (χ3n) is 7.02. The van der Waals surface area contributed by atoms with Crippen molar-refractivity contribution in [1.82, 2.24) is 15.2 Å². The van der Waals surface area contributed by atoms with E-state index in [-0.39, 0.29) is 22.3 Å². The normalized spacial score (nSPS) is 14.4. The molecule has 1 heterocycles. The summed E-state index contributed by atoms with van der Waals surface area (Å²) in [7, 11) is -9.67. The van der Waals surface area contributed by atoms with E-state index in [0.29, 0.717) is 5.56 Å². The maximum Gasteiger partial charge on any atom is 0.324 e.